The SMILES string of the molecule is CC(=O)c1c(C)[nH]c(C(=O)Nc2ccc(C)c(S(=O)(=O)Nc3ccc(Cl)cc3)c2)c1C. The number of Topliss-reactive ketones (excluding diaryl/α,β-unsaturated/α-hetero) is 1. The van der Waals surface area contributed by atoms with Gasteiger partial charge in [-0.3, -0.25) is 14.3 Å². The first-order chi connectivity index (χ1) is 14.5. The van der Waals surface area contributed by atoms with Crippen LogP contribution in [0.25, 0.3) is 0 Å². The summed E-state index contributed by atoms with van der Waals surface area (Å²) in [5.41, 5.74) is 3.08. The number of nitrogens with one attached hydrogen (secondary N) is 3. The molecule has 0 unspecified atom stereocenters. The van der Waals surface area contributed by atoms with Gasteiger partial charge < -0.3 is 10.3 Å². The average Bonchev–Trinajstić information content (AvgIpc) is 2.99. The van der Waals surface area contributed by atoms with Gasteiger partial charge in [0.2, 0.25) is 0 Å². The highest BCUT2D eigenvalue weighted by Crippen LogP contribution is 2.25. The number of benzene rings is 2. The topological polar surface area (TPSA) is 108 Å². The second kappa shape index (κ2) is 8.56. The van der Waals surface area contributed by atoms with Crippen molar-refractivity contribution < 1.29 is 18.0 Å². The Hall–Kier alpha value is -3.10. The Morgan fingerprint density at radius 1 is 0.968 bits per heavy atom. The number of hydrogen-bond donors (Lipinski definition) is 3. The van der Waals surface area contributed by atoms with Crippen LogP contribution in [0, 0.1) is 20.8 Å². The van der Waals surface area contributed by atoms with Crippen LogP contribution in [0.3, 0.4) is 0 Å². The van der Waals surface area contributed by atoms with Crippen molar-refractivity contribution in [1.29, 1.82) is 0 Å². The number of rotatable bonds is 6. The van der Waals surface area contributed by atoms with Gasteiger partial charge in [0.15, 0.2) is 5.78 Å². The van der Waals surface area contributed by atoms with E-state index in [1.807, 2.05) is 0 Å². The average molecular weight is 460 g/mol. The molecule has 0 bridgehead atoms. The maximum absolute atomic E-state index is 12.9. The number of sulfonamides is 1. The number of aromatic amines is 1. The molecule has 162 valence electrons. The molecule has 0 spiro atoms. The fraction of sp³-hybridized carbons (Fsp3) is 0.182. The number of ketones is 1. The predicted octanol–water partition coefficient (Wildman–Crippen LogP) is 4.85. The summed E-state index contributed by atoms with van der Waals surface area (Å²) < 4.78 is 28.3. The maximum atomic E-state index is 12.9. The monoisotopic (exact) mass is 459 g/mol. The van der Waals surface area contributed by atoms with E-state index >= 15 is 0 Å². The molecular formula is C22H22ClN3O4S. The summed E-state index contributed by atoms with van der Waals surface area (Å²) in [4.78, 5) is 27.5. The molecule has 0 aliphatic heterocycles. The summed E-state index contributed by atoms with van der Waals surface area (Å²) in [6.07, 6.45) is 0. The molecule has 0 saturated carbocycles. The minimum atomic E-state index is -3.90. The van der Waals surface area contributed by atoms with Crippen molar-refractivity contribution in [2.24, 2.45) is 0 Å². The highest BCUT2D eigenvalue weighted by atomic mass is 35.5. The van der Waals surface area contributed by atoms with E-state index in [9.17, 15) is 18.0 Å². The van der Waals surface area contributed by atoms with E-state index in [2.05, 4.69) is 15.0 Å². The molecule has 0 aliphatic rings. The van der Waals surface area contributed by atoms with Gasteiger partial charge in [-0.25, -0.2) is 8.42 Å². The van der Waals surface area contributed by atoms with E-state index in [1.165, 1.54) is 13.0 Å². The van der Waals surface area contributed by atoms with Crippen LogP contribution in [0.1, 0.15) is 44.6 Å². The molecule has 1 heterocycles. The number of anilines is 2. The fourth-order valence-corrected chi connectivity index (χ4v) is 4.85. The molecule has 0 fully saturated rings. The number of H-pyrrole nitrogens is 1. The standard InChI is InChI=1S/C22H22ClN3O4S/c1-12-5-8-18(25-22(28)21-13(2)20(15(4)27)14(3)24-21)11-19(12)31(29,30)26-17-9-6-16(23)7-10-17/h5-11,24,26H,1-4H3,(H,25,28). The lowest BCUT2D eigenvalue weighted by Gasteiger charge is -2.13. The van der Waals surface area contributed by atoms with Crippen molar-refractivity contribution >= 4 is 44.7 Å². The molecule has 0 radical (unpaired) electrons. The minimum Gasteiger partial charge on any atom is -0.354 e. The van der Waals surface area contributed by atoms with E-state index in [0.717, 1.165) is 0 Å². The van der Waals surface area contributed by atoms with Gasteiger partial charge in [0.1, 0.15) is 5.69 Å². The summed E-state index contributed by atoms with van der Waals surface area (Å²) in [5, 5.41) is 3.19. The van der Waals surface area contributed by atoms with Crippen LogP contribution < -0.4 is 10.0 Å². The minimum absolute atomic E-state index is 0.0315. The van der Waals surface area contributed by atoms with Gasteiger partial charge in [-0.05, 0) is 75.2 Å². The molecule has 3 N–H and O–H groups in total. The third-order valence-electron chi connectivity index (χ3n) is 4.85. The smallest absolute Gasteiger partial charge is 0.272 e. The van der Waals surface area contributed by atoms with Crippen LogP contribution in [0.4, 0.5) is 11.4 Å². The van der Waals surface area contributed by atoms with E-state index in [-0.39, 0.29) is 16.4 Å². The normalized spacial score (nSPS) is 11.3. The summed E-state index contributed by atoms with van der Waals surface area (Å²) in [6.45, 7) is 6.52. The molecule has 0 aliphatic carbocycles. The highest BCUT2D eigenvalue weighted by molar-refractivity contribution is 7.92. The van der Waals surface area contributed by atoms with Gasteiger partial charge in [0.05, 0.1) is 4.90 Å². The van der Waals surface area contributed by atoms with Crippen LogP contribution in [0.2, 0.25) is 5.02 Å². The lowest BCUT2D eigenvalue weighted by molar-refractivity contribution is 0.101. The number of hydrogen-bond acceptors (Lipinski definition) is 4. The number of aromatic nitrogens is 1. The molecule has 0 saturated heterocycles. The second-order valence-corrected chi connectivity index (χ2v) is 9.32. The van der Waals surface area contributed by atoms with Crippen molar-refractivity contribution in [3.05, 3.63) is 75.6 Å². The van der Waals surface area contributed by atoms with E-state index in [4.69, 9.17) is 11.6 Å². The highest BCUT2D eigenvalue weighted by Gasteiger charge is 2.22. The van der Waals surface area contributed by atoms with Crippen LogP contribution in [0.5, 0.6) is 0 Å². The van der Waals surface area contributed by atoms with Gasteiger partial charge in [0.25, 0.3) is 15.9 Å². The maximum Gasteiger partial charge on any atom is 0.272 e. The molecule has 31 heavy (non-hydrogen) atoms. The van der Waals surface area contributed by atoms with Gasteiger partial charge in [0, 0.05) is 27.7 Å². The summed E-state index contributed by atoms with van der Waals surface area (Å²) in [7, 11) is -3.90. The van der Waals surface area contributed by atoms with Gasteiger partial charge in [-0.1, -0.05) is 17.7 Å². The summed E-state index contributed by atoms with van der Waals surface area (Å²) in [6, 6.07) is 10.9. The Kier molecular flexibility index (Phi) is 6.24. The van der Waals surface area contributed by atoms with Crippen LogP contribution >= 0.6 is 11.6 Å². The Morgan fingerprint density at radius 3 is 2.16 bits per heavy atom. The Balaban J connectivity index is 1.89. The lowest BCUT2D eigenvalue weighted by Crippen LogP contribution is -2.17. The number of amides is 1. The van der Waals surface area contributed by atoms with Crippen molar-refractivity contribution in [3.8, 4) is 0 Å². The van der Waals surface area contributed by atoms with Crippen LogP contribution in [-0.2, 0) is 10.0 Å². The Morgan fingerprint density at radius 2 is 1.58 bits per heavy atom. The number of carbonyl (C=O) groups is 2. The van der Waals surface area contributed by atoms with Gasteiger partial charge >= 0.3 is 0 Å². The molecule has 2 aromatic carbocycles. The zero-order valence-corrected chi connectivity index (χ0v) is 19.0. The molecule has 7 nitrogen and oxygen atoms in total. The number of aryl methyl sites for hydroxylation is 2. The number of halogens is 1. The molecule has 3 rings (SSSR count). The van der Waals surface area contributed by atoms with E-state index in [0.29, 0.717) is 38.8 Å². The quantitative estimate of drug-likeness (QED) is 0.458. The fourth-order valence-electron chi connectivity index (χ4n) is 3.39. The molecule has 9 heteroatoms. The summed E-state index contributed by atoms with van der Waals surface area (Å²) >= 11 is 5.85. The lowest BCUT2D eigenvalue weighted by atomic mass is 10.1. The van der Waals surface area contributed by atoms with Gasteiger partial charge in [-0.15, -0.1) is 0 Å². The summed E-state index contributed by atoms with van der Waals surface area (Å²) in [5.74, 6) is -0.603. The second-order valence-electron chi connectivity index (χ2n) is 7.23. The third kappa shape index (κ3) is 4.81. The van der Waals surface area contributed by atoms with E-state index in [1.54, 1.807) is 57.2 Å². The third-order valence-corrected chi connectivity index (χ3v) is 6.62. The van der Waals surface area contributed by atoms with Crippen molar-refractivity contribution in [2.45, 2.75) is 32.6 Å². The molecule has 1 amide bonds. The van der Waals surface area contributed by atoms with Crippen molar-refractivity contribution in [3.63, 3.8) is 0 Å². The molecule has 1 aromatic heterocycles. The van der Waals surface area contributed by atoms with Crippen molar-refractivity contribution in [2.75, 3.05) is 10.0 Å². The van der Waals surface area contributed by atoms with E-state index < -0.39 is 15.9 Å². The van der Waals surface area contributed by atoms with Crippen LogP contribution in [-0.4, -0.2) is 25.1 Å². The first-order valence-corrected chi connectivity index (χ1v) is 11.3. The largest absolute Gasteiger partial charge is 0.354 e. The molecule has 3 aromatic rings. The Labute approximate surface area is 185 Å². The van der Waals surface area contributed by atoms with Crippen LogP contribution in [0.15, 0.2) is 47.4 Å². The zero-order valence-electron chi connectivity index (χ0n) is 17.5. The van der Waals surface area contributed by atoms with Crippen molar-refractivity contribution in [1.82, 2.24) is 4.98 Å². The van der Waals surface area contributed by atoms with Gasteiger partial charge in [-0.2, -0.15) is 0 Å². The zero-order chi connectivity index (χ0) is 22.9. The first-order valence-electron chi connectivity index (χ1n) is 9.40. The molecular weight excluding hydrogens is 438 g/mol. The predicted molar refractivity (Wildman–Crippen MR) is 122 cm³/mol. The number of carbonyl (C=O) groups excluding carboxylic acids is 2. The molecule has 0 atom stereocenters. The Bertz CT molecular complexity index is 1280. The first kappa shape index (κ1) is 22.6.